The highest BCUT2D eigenvalue weighted by atomic mass is 19.1. The summed E-state index contributed by atoms with van der Waals surface area (Å²) in [5, 5.41) is 26.5. The van der Waals surface area contributed by atoms with E-state index in [1.807, 2.05) is 24.3 Å². The summed E-state index contributed by atoms with van der Waals surface area (Å²) < 4.78 is 23.3. The Morgan fingerprint density at radius 2 is 1.81 bits per heavy atom. The molecule has 0 radical (unpaired) electrons. The van der Waals surface area contributed by atoms with Crippen molar-refractivity contribution in [2.75, 3.05) is 37.7 Å². The highest BCUT2D eigenvalue weighted by Crippen LogP contribution is 2.42. The average Bonchev–Trinajstić information content (AvgIpc) is 3.69. The minimum Gasteiger partial charge on any atom is -0.508 e. The molecule has 4 saturated heterocycles. The van der Waals surface area contributed by atoms with E-state index in [-0.39, 0.29) is 33.9 Å². The number of hydrogen-bond acceptors (Lipinski definition) is 8. The lowest BCUT2D eigenvalue weighted by molar-refractivity contribution is 0.108. The van der Waals surface area contributed by atoms with Crippen LogP contribution in [0, 0.1) is 17.1 Å². The monoisotopic (exact) mass is 564 g/mol. The highest BCUT2D eigenvalue weighted by Gasteiger charge is 2.45. The van der Waals surface area contributed by atoms with Crippen LogP contribution in [0.15, 0.2) is 42.5 Å². The number of rotatable bonds is 5. The van der Waals surface area contributed by atoms with E-state index in [2.05, 4.69) is 26.2 Å². The molecule has 4 aromatic rings. The fourth-order valence-corrected chi connectivity index (χ4v) is 7.98. The van der Waals surface area contributed by atoms with Crippen molar-refractivity contribution in [2.24, 2.45) is 0 Å². The van der Waals surface area contributed by atoms with Crippen LogP contribution in [0.5, 0.6) is 11.8 Å². The summed E-state index contributed by atoms with van der Waals surface area (Å²) in [6.07, 6.45) is 6.68. The molecule has 8 rings (SSSR count). The van der Waals surface area contributed by atoms with Gasteiger partial charge in [0.2, 0.25) is 0 Å². The maximum Gasteiger partial charge on any atom is 0.319 e. The van der Waals surface area contributed by atoms with E-state index >= 15 is 4.39 Å². The van der Waals surface area contributed by atoms with Gasteiger partial charge in [0.15, 0.2) is 5.82 Å². The smallest absolute Gasteiger partial charge is 0.319 e. The van der Waals surface area contributed by atoms with E-state index in [0.29, 0.717) is 35.5 Å². The van der Waals surface area contributed by atoms with Gasteiger partial charge in [-0.05, 0) is 86.1 Å². The normalized spacial score (nSPS) is 23.0. The maximum absolute atomic E-state index is 16.9. The largest absolute Gasteiger partial charge is 0.508 e. The Morgan fingerprint density at radius 1 is 1.05 bits per heavy atom. The third-order valence-electron chi connectivity index (χ3n) is 9.92. The molecular formula is C33H33FN6O2. The Kier molecular flexibility index (Phi) is 5.99. The van der Waals surface area contributed by atoms with Gasteiger partial charge in [-0.3, -0.25) is 4.90 Å². The molecule has 2 bridgehead atoms. The number of phenolic OH excluding ortho intramolecular Hbond substituents is 1. The Hall–Kier alpha value is -4.00. The topological polar surface area (TPSA) is 97.5 Å². The summed E-state index contributed by atoms with van der Waals surface area (Å²) in [6, 6.07) is 15.4. The van der Waals surface area contributed by atoms with Crippen molar-refractivity contribution in [3.63, 3.8) is 0 Å². The number of piperazine rings is 1. The summed E-state index contributed by atoms with van der Waals surface area (Å²) in [5.74, 6) is 0.0176. The minimum absolute atomic E-state index is 0.00147. The molecule has 214 valence electrons. The van der Waals surface area contributed by atoms with Crippen molar-refractivity contribution in [3.8, 4) is 29.0 Å². The van der Waals surface area contributed by atoms with Gasteiger partial charge in [0.1, 0.15) is 23.7 Å². The van der Waals surface area contributed by atoms with Crippen molar-refractivity contribution in [1.29, 1.82) is 5.26 Å². The number of nitrogens with zero attached hydrogens (tertiary/aromatic N) is 5. The Morgan fingerprint density at radius 3 is 2.57 bits per heavy atom. The fraction of sp³-hybridized carbons (Fsp3) is 0.424. The SMILES string of the molecule is N#Cc1cc2c(N3CC4CCC(C3)N4)nc(OCC34CCCN3CCC4)nc2c(F)c1-c1cc(O)cc2ccccc12. The number of benzene rings is 3. The molecule has 4 aliphatic heterocycles. The summed E-state index contributed by atoms with van der Waals surface area (Å²) in [7, 11) is 0. The molecule has 0 saturated carbocycles. The lowest BCUT2D eigenvalue weighted by atomic mass is 9.92. The quantitative estimate of drug-likeness (QED) is 0.345. The molecular weight excluding hydrogens is 531 g/mol. The van der Waals surface area contributed by atoms with Gasteiger partial charge in [-0.25, -0.2) is 4.39 Å². The van der Waals surface area contributed by atoms with Gasteiger partial charge in [0.25, 0.3) is 0 Å². The van der Waals surface area contributed by atoms with Crippen molar-refractivity contribution in [3.05, 3.63) is 53.8 Å². The standard InChI is InChI=1S/C33H33FN6O2/c34-29-28(26-15-24(41)13-20-5-1-2-6-25(20)26)21(16-35)14-27-30(29)37-32(42-19-33-9-3-11-40(33)12-4-10-33)38-31(27)39-17-22-7-8-23(18-39)36-22/h1-2,5-6,13-15,22-23,36,41H,3-4,7-12,17-19H2. The first-order chi connectivity index (χ1) is 20.5. The fourth-order valence-electron chi connectivity index (χ4n) is 7.98. The summed E-state index contributed by atoms with van der Waals surface area (Å²) in [4.78, 5) is 14.3. The van der Waals surface area contributed by atoms with Gasteiger partial charge in [-0.1, -0.05) is 24.3 Å². The van der Waals surface area contributed by atoms with Crippen LogP contribution in [0.25, 0.3) is 32.8 Å². The van der Waals surface area contributed by atoms with E-state index < -0.39 is 5.82 Å². The second-order valence-electron chi connectivity index (χ2n) is 12.4. The predicted molar refractivity (Wildman–Crippen MR) is 159 cm³/mol. The van der Waals surface area contributed by atoms with Crippen molar-refractivity contribution in [2.45, 2.75) is 56.1 Å². The minimum atomic E-state index is -0.604. The number of nitrogens with one attached hydrogen (secondary N) is 1. The second kappa shape index (κ2) is 9.79. The van der Waals surface area contributed by atoms with E-state index in [0.717, 1.165) is 75.5 Å². The van der Waals surface area contributed by atoms with Crippen molar-refractivity contribution >= 4 is 27.5 Å². The van der Waals surface area contributed by atoms with E-state index in [1.165, 1.54) is 6.07 Å². The Labute approximate surface area is 243 Å². The summed E-state index contributed by atoms with van der Waals surface area (Å²) in [5.41, 5.74) is 0.898. The van der Waals surface area contributed by atoms with Gasteiger partial charge in [-0.15, -0.1) is 0 Å². The molecule has 42 heavy (non-hydrogen) atoms. The average molecular weight is 565 g/mol. The lowest BCUT2D eigenvalue weighted by Gasteiger charge is -2.35. The van der Waals surface area contributed by atoms with Crippen molar-refractivity contribution < 1.29 is 14.2 Å². The first-order valence-corrected chi connectivity index (χ1v) is 15.1. The summed E-state index contributed by atoms with van der Waals surface area (Å²) in [6.45, 7) is 4.16. The van der Waals surface area contributed by atoms with Crippen LogP contribution in [0.1, 0.15) is 44.1 Å². The first-order valence-electron chi connectivity index (χ1n) is 15.1. The molecule has 2 atom stereocenters. The van der Waals surface area contributed by atoms with E-state index in [1.54, 1.807) is 12.1 Å². The molecule has 3 aromatic carbocycles. The number of ether oxygens (including phenoxy) is 1. The molecule has 8 nitrogen and oxygen atoms in total. The number of aromatic hydroxyl groups is 1. The molecule has 4 fully saturated rings. The van der Waals surface area contributed by atoms with E-state index in [9.17, 15) is 10.4 Å². The number of nitriles is 1. The van der Waals surface area contributed by atoms with Crippen LogP contribution in [0.4, 0.5) is 10.2 Å². The predicted octanol–water partition coefficient (Wildman–Crippen LogP) is 5.11. The molecule has 0 aliphatic carbocycles. The molecule has 5 heterocycles. The Balaban J connectivity index is 1.30. The summed E-state index contributed by atoms with van der Waals surface area (Å²) >= 11 is 0. The lowest BCUT2D eigenvalue weighted by Crippen LogP contribution is -2.51. The molecule has 9 heteroatoms. The van der Waals surface area contributed by atoms with Crippen LogP contribution >= 0.6 is 0 Å². The zero-order chi connectivity index (χ0) is 28.4. The zero-order valence-electron chi connectivity index (χ0n) is 23.4. The third kappa shape index (κ3) is 4.08. The molecule has 1 aromatic heterocycles. The van der Waals surface area contributed by atoms with Crippen LogP contribution in [0.3, 0.4) is 0 Å². The van der Waals surface area contributed by atoms with Gasteiger partial charge >= 0.3 is 6.01 Å². The number of fused-ring (bicyclic) bond motifs is 5. The Bertz CT molecular complexity index is 1750. The maximum atomic E-state index is 16.9. The first kappa shape index (κ1) is 25.7. The zero-order valence-corrected chi connectivity index (χ0v) is 23.4. The molecule has 2 unspecified atom stereocenters. The third-order valence-corrected chi connectivity index (χ3v) is 9.92. The second-order valence-corrected chi connectivity index (χ2v) is 12.4. The number of phenols is 1. The number of aromatic nitrogens is 2. The van der Waals surface area contributed by atoms with Crippen LogP contribution in [-0.2, 0) is 0 Å². The molecule has 2 N–H and O–H groups in total. The van der Waals surface area contributed by atoms with Gasteiger partial charge in [0.05, 0.1) is 17.2 Å². The van der Waals surface area contributed by atoms with Gasteiger partial charge in [0, 0.05) is 36.1 Å². The highest BCUT2D eigenvalue weighted by molar-refractivity contribution is 6.03. The van der Waals surface area contributed by atoms with Crippen LogP contribution in [-0.4, -0.2) is 70.4 Å². The molecule has 0 spiro atoms. The number of hydrogen-bond donors (Lipinski definition) is 2. The van der Waals surface area contributed by atoms with Gasteiger partial charge < -0.3 is 20.1 Å². The van der Waals surface area contributed by atoms with E-state index in [4.69, 9.17) is 9.72 Å². The van der Waals surface area contributed by atoms with Crippen LogP contribution in [0.2, 0.25) is 0 Å². The number of anilines is 1. The molecule has 0 amide bonds. The molecule has 4 aliphatic rings. The van der Waals surface area contributed by atoms with Crippen LogP contribution < -0.4 is 15.0 Å². The van der Waals surface area contributed by atoms with Crippen molar-refractivity contribution in [1.82, 2.24) is 20.2 Å². The number of halogens is 1. The van der Waals surface area contributed by atoms with Gasteiger partial charge in [-0.2, -0.15) is 15.2 Å².